The van der Waals surface area contributed by atoms with Gasteiger partial charge in [0.05, 0.1) is 53.2 Å². The molecule has 4 aliphatic rings. The fourth-order valence-electron chi connectivity index (χ4n) is 7.48. The van der Waals surface area contributed by atoms with E-state index in [1.54, 1.807) is 76.2 Å². The van der Waals surface area contributed by atoms with Crippen molar-refractivity contribution in [3.63, 3.8) is 0 Å². The number of nitrogens with two attached hydrogens (primary N) is 2. The van der Waals surface area contributed by atoms with Gasteiger partial charge >= 0.3 is 53.6 Å². The average molecular weight is 827 g/mol. The van der Waals surface area contributed by atoms with Crippen LogP contribution < -0.4 is 56.8 Å². The van der Waals surface area contributed by atoms with Crippen LogP contribution in [0.5, 0.6) is 0 Å². The predicted molar refractivity (Wildman–Crippen MR) is 202 cm³/mol. The Kier molecular flexibility index (Phi) is 14.8. The van der Waals surface area contributed by atoms with Gasteiger partial charge in [-0.05, 0) is 80.9 Å². The molecule has 6 atom stereocenters. The summed E-state index contributed by atoms with van der Waals surface area (Å²) >= 11 is 0. The first-order valence-corrected chi connectivity index (χ1v) is 18.5. The maximum absolute atomic E-state index is 12.9. The Balaban J connectivity index is 0.000000265. The molecular formula is C40H47N6NaO12. The minimum Gasteiger partial charge on any atom is -0.543 e. The molecule has 0 radical (unpaired) electrons. The van der Waals surface area contributed by atoms with Crippen LogP contribution in [0.4, 0.5) is 9.59 Å². The molecule has 0 unspecified atom stereocenters. The molecule has 2 fully saturated rings. The molecule has 4 heterocycles. The molecule has 0 saturated carbocycles. The molecule has 2 aromatic carbocycles. The number of aliphatic hydroxyl groups excluding tert-OH is 2. The van der Waals surface area contributed by atoms with Crippen molar-refractivity contribution in [2.75, 3.05) is 6.79 Å². The van der Waals surface area contributed by atoms with E-state index in [0.29, 0.717) is 35.1 Å². The molecule has 0 bridgehead atoms. The first-order chi connectivity index (χ1) is 27.2. The van der Waals surface area contributed by atoms with Crippen LogP contribution in [0, 0.1) is 17.3 Å². The van der Waals surface area contributed by atoms with Gasteiger partial charge in [0.15, 0.2) is 0 Å². The van der Waals surface area contributed by atoms with E-state index in [2.05, 4.69) is 10.6 Å². The van der Waals surface area contributed by atoms with E-state index in [4.69, 9.17) is 20.9 Å². The van der Waals surface area contributed by atoms with E-state index in [-0.39, 0.29) is 72.0 Å². The maximum atomic E-state index is 12.9. The second-order valence-electron chi connectivity index (χ2n) is 15.5. The van der Waals surface area contributed by atoms with Gasteiger partial charge in [-0.1, -0.05) is 48.5 Å². The molecule has 6 rings (SSSR count). The van der Waals surface area contributed by atoms with Crippen LogP contribution >= 0.6 is 0 Å². The molecule has 18 nitrogen and oxygen atoms in total. The van der Waals surface area contributed by atoms with E-state index in [9.17, 15) is 48.9 Å². The number of urea groups is 2. The number of hydrogen-bond acceptors (Lipinski definition) is 12. The van der Waals surface area contributed by atoms with Crippen molar-refractivity contribution in [2.24, 2.45) is 28.7 Å². The number of fused-ring (bicyclic) bond motifs is 2. The zero-order valence-corrected chi connectivity index (χ0v) is 35.6. The first-order valence-electron chi connectivity index (χ1n) is 18.5. The number of hydrogen-bond donors (Lipinski definition) is 6. The van der Waals surface area contributed by atoms with Crippen molar-refractivity contribution in [1.29, 1.82) is 0 Å². The monoisotopic (exact) mass is 826 g/mol. The van der Waals surface area contributed by atoms with Crippen molar-refractivity contribution >= 4 is 52.9 Å². The molecule has 59 heavy (non-hydrogen) atoms. The largest absolute Gasteiger partial charge is 1.00 e. The van der Waals surface area contributed by atoms with Gasteiger partial charge in [0.2, 0.25) is 18.6 Å². The summed E-state index contributed by atoms with van der Waals surface area (Å²) in [6, 6.07) is 12.1. The number of β-lactam (4-membered cyclic amide) rings is 2. The van der Waals surface area contributed by atoms with Gasteiger partial charge in [0.1, 0.15) is 5.70 Å². The molecule has 2 aromatic rings. The fraction of sp³-hybridized carbons (Fsp3) is 0.425. The van der Waals surface area contributed by atoms with Crippen LogP contribution in [0.3, 0.4) is 0 Å². The van der Waals surface area contributed by atoms with Crippen LogP contribution in [-0.4, -0.2) is 92.9 Å². The number of aliphatic carboxylic acids is 1. The molecule has 6 amide bonds. The number of nitrogens with one attached hydrogen (secondary N) is 2. The third-order valence-electron chi connectivity index (χ3n) is 10.4. The zero-order valence-electron chi connectivity index (χ0n) is 33.6. The number of nitrogens with zero attached hydrogens (tertiary/aromatic N) is 2. The molecule has 0 aromatic heterocycles. The molecule has 0 spiro atoms. The minimum atomic E-state index is -1.41. The van der Waals surface area contributed by atoms with Crippen LogP contribution in [0.1, 0.15) is 69.7 Å². The SMILES string of the molecule is C[C@@H](O)[C@H]1C(=O)N2C(C(=O)OCOC(=O)C(C)(C)C)=C(c3ccc(CNC(N)=O)cc3)C[C@H]12.C[C@@H](O)[C@H]1C(=O)N2C(C(=O)[O-])=C(c3ccc(CNC(N)=O)cc3)C[C@H]12.[Na+]. The number of primary amides is 2. The van der Waals surface area contributed by atoms with Gasteiger partial charge in [0.25, 0.3) is 0 Å². The standard InChI is InChI=1S/C23H29N3O7.C17H19N3O5.Na/c1-12(27)17-16-9-15(14-7-5-13(6-8-14)10-25-22(24)31)18(26(16)19(17)28)20(29)32-11-33-21(30)23(2,3)4;1-8(21)13-12-6-11(14(16(23)24)20(12)15(13)22)10-4-2-9(3-5-10)7-19-17(18)25;/h5-8,12,16-17,27H,9-11H2,1-4H3,(H3,24,25,31);2-5,8,12-13,21H,6-7H2,1H3,(H,23,24)(H3,18,19,25);/q;;+1/p-1/t12-,16-,17-;8-,12-,13-;/m11./s1. The Morgan fingerprint density at radius 3 is 1.49 bits per heavy atom. The van der Waals surface area contributed by atoms with Gasteiger partial charge in [-0.3, -0.25) is 14.4 Å². The smallest absolute Gasteiger partial charge is 0.543 e. The van der Waals surface area contributed by atoms with Crippen LogP contribution in [0.15, 0.2) is 59.9 Å². The summed E-state index contributed by atoms with van der Waals surface area (Å²) in [4.78, 5) is 85.5. The summed E-state index contributed by atoms with van der Waals surface area (Å²) in [5.41, 5.74) is 13.4. The van der Waals surface area contributed by atoms with E-state index < -0.39 is 72.1 Å². The molecule has 0 aliphatic carbocycles. The summed E-state index contributed by atoms with van der Waals surface area (Å²) in [7, 11) is 0. The van der Waals surface area contributed by atoms with Crippen molar-refractivity contribution < 1.29 is 87.9 Å². The second kappa shape index (κ2) is 18.8. The number of carbonyl (C=O) groups excluding carboxylic acids is 7. The van der Waals surface area contributed by atoms with Gasteiger partial charge in [-0.15, -0.1) is 0 Å². The van der Waals surface area contributed by atoms with Crippen LogP contribution in [0.25, 0.3) is 11.1 Å². The van der Waals surface area contributed by atoms with Gasteiger partial charge < -0.3 is 61.5 Å². The topological polar surface area (TPSA) is 284 Å². The van der Waals surface area contributed by atoms with Crippen molar-refractivity contribution in [3.05, 3.63) is 82.2 Å². The third-order valence-corrected chi connectivity index (χ3v) is 10.4. The summed E-state index contributed by atoms with van der Waals surface area (Å²) in [5.74, 6) is -4.67. The Morgan fingerprint density at radius 1 is 0.746 bits per heavy atom. The number of rotatable bonds is 12. The summed E-state index contributed by atoms with van der Waals surface area (Å²) in [6.45, 7) is 8.04. The van der Waals surface area contributed by atoms with E-state index in [1.165, 1.54) is 16.7 Å². The third kappa shape index (κ3) is 9.96. The van der Waals surface area contributed by atoms with Crippen molar-refractivity contribution in [3.8, 4) is 0 Å². The van der Waals surface area contributed by atoms with Crippen molar-refractivity contribution in [1.82, 2.24) is 20.4 Å². The van der Waals surface area contributed by atoms with Gasteiger partial charge in [-0.25, -0.2) is 14.4 Å². The number of esters is 2. The van der Waals surface area contributed by atoms with E-state index in [0.717, 1.165) is 11.1 Å². The summed E-state index contributed by atoms with van der Waals surface area (Å²) in [6.07, 6.45) is -0.973. The molecule has 8 N–H and O–H groups in total. The molecule has 310 valence electrons. The Morgan fingerprint density at radius 2 is 1.14 bits per heavy atom. The summed E-state index contributed by atoms with van der Waals surface area (Å²) in [5, 5.41) is 36.3. The van der Waals surface area contributed by atoms with Gasteiger partial charge in [-0.2, -0.15) is 0 Å². The van der Waals surface area contributed by atoms with Crippen LogP contribution in [-0.2, 0) is 46.5 Å². The number of ether oxygens (including phenoxy) is 2. The Hall–Kier alpha value is -5.27. The van der Waals surface area contributed by atoms with Crippen LogP contribution in [0.2, 0.25) is 0 Å². The number of carbonyl (C=O) groups is 7. The average Bonchev–Trinajstić information content (AvgIpc) is 3.67. The quantitative estimate of drug-likeness (QED) is 0.0548. The maximum Gasteiger partial charge on any atom is 1.00 e. The molecular weight excluding hydrogens is 779 g/mol. The van der Waals surface area contributed by atoms with Gasteiger partial charge in [0, 0.05) is 13.1 Å². The number of carboxylic acids is 1. The summed E-state index contributed by atoms with van der Waals surface area (Å²) < 4.78 is 10.2. The number of aliphatic hydroxyl groups is 2. The molecule has 19 heteroatoms. The minimum absolute atomic E-state index is 0. The second-order valence-corrected chi connectivity index (χ2v) is 15.5. The number of carboxylic acid groups (broad SMARTS) is 1. The first kappa shape index (κ1) is 46.4. The fourth-order valence-corrected chi connectivity index (χ4v) is 7.48. The van der Waals surface area contributed by atoms with E-state index >= 15 is 0 Å². The number of amides is 6. The Bertz CT molecular complexity index is 2060. The predicted octanol–water partition coefficient (Wildman–Crippen LogP) is -2.80. The normalized spacial score (nSPS) is 21.3. The number of benzene rings is 2. The van der Waals surface area contributed by atoms with Crippen molar-refractivity contribution in [2.45, 2.75) is 84.8 Å². The Labute approximate surface area is 362 Å². The zero-order chi connectivity index (χ0) is 42.8. The molecule has 2 saturated heterocycles. The molecule has 4 aliphatic heterocycles. The van der Waals surface area contributed by atoms with E-state index in [1.807, 2.05) is 0 Å².